The maximum Gasteiger partial charge on any atom is 0.0698 e. The first kappa shape index (κ1) is 13.4. The van der Waals surface area contributed by atoms with Crippen LogP contribution in [0.1, 0.15) is 24.8 Å². The topological polar surface area (TPSA) is 38.5 Å². The van der Waals surface area contributed by atoms with E-state index in [2.05, 4.69) is 17.0 Å². The fourth-order valence-corrected chi connectivity index (χ4v) is 2.66. The molecule has 1 saturated heterocycles. The van der Waals surface area contributed by atoms with Crippen molar-refractivity contribution in [2.75, 3.05) is 32.5 Å². The van der Waals surface area contributed by atoms with Crippen LogP contribution in [0.2, 0.25) is 0 Å². The van der Waals surface area contributed by atoms with E-state index < -0.39 is 0 Å². The summed E-state index contributed by atoms with van der Waals surface area (Å²) < 4.78 is 5.44. The predicted octanol–water partition coefficient (Wildman–Crippen LogP) is 2.31. The smallest absolute Gasteiger partial charge is 0.0698 e. The molecule has 1 aliphatic heterocycles. The van der Waals surface area contributed by atoms with Crippen molar-refractivity contribution in [2.24, 2.45) is 0 Å². The number of ether oxygens (including phenoxy) is 1. The fraction of sp³-hybridized carbons (Fsp3) is 0.600. The number of aryl methyl sites for hydroxylation is 1. The van der Waals surface area contributed by atoms with Crippen molar-refractivity contribution in [3.05, 3.63) is 29.8 Å². The third kappa shape index (κ3) is 4.00. The Bertz CT molecular complexity index is 367. The Morgan fingerprint density at radius 3 is 3.11 bits per heavy atom. The number of benzene rings is 1. The quantitative estimate of drug-likeness (QED) is 0.813. The van der Waals surface area contributed by atoms with Gasteiger partial charge in [-0.3, -0.25) is 0 Å². The molecule has 1 aromatic carbocycles. The minimum atomic E-state index is 0.436. The Morgan fingerprint density at radius 2 is 2.33 bits per heavy atom. The molecule has 0 aromatic heterocycles. The number of hydrogen-bond donors (Lipinski definition) is 1. The van der Waals surface area contributed by atoms with Crippen molar-refractivity contribution >= 4 is 5.69 Å². The molecular formula is C15H24N2O. The molecule has 0 saturated carbocycles. The maximum absolute atomic E-state index is 5.78. The fourth-order valence-electron chi connectivity index (χ4n) is 2.66. The summed E-state index contributed by atoms with van der Waals surface area (Å²) in [6.45, 7) is 3.47. The number of nitrogens with zero attached hydrogens (tertiary/aromatic N) is 1. The van der Waals surface area contributed by atoms with Crippen LogP contribution in [-0.4, -0.2) is 37.7 Å². The van der Waals surface area contributed by atoms with Gasteiger partial charge in [-0.15, -0.1) is 0 Å². The van der Waals surface area contributed by atoms with Gasteiger partial charge in [0.2, 0.25) is 0 Å². The highest BCUT2D eigenvalue weighted by Crippen LogP contribution is 2.14. The molecule has 2 N–H and O–H groups in total. The molecule has 0 aliphatic carbocycles. The minimum Gasteiger partial charge on any atom is -0.399 e. The molecule has 0 radical (unpaired) electrons. The lowest BCUT2D eigenvalue weighted by Gasteiger charge is -2.31. The molecule has 100 valence electrons. The molecule has 1 aromatic rings. The lowest BCUT2D eigenvalue weighted by molar-refractivity contribution is 0.0311. The Labute approximate surface area is 110 Å². The van der Waals surface area contributed by atoms with Crippen molar-refractivity contribution in [1.29, 1.82) is 0 Å². The molecular weight excluding hydrogens is 224 g/mol. The first-order chi connectivity index (χ1) is 8.78. The molecule has 1 unspecified atom stereocenters. The van der Waals surface area contributed by atoms with E-state index in [0.29, 0.717) is 6.10 Å². The number of piperidine rings is 1. The Balaban J connectivity index is 1.72. The van der Waals surface area contributed by atoms with Crippen molar-refractivity contribution in [1.82, 2.24) is 4.90 Å². The standard InChI is InChI=1S/C15H24N2O/c1-18-15-8-4-10-17(12-15)9-3-6-13-5-2-7-14(16)11-13/h2,5,7,11,15H,3-4,6,8-10,12,16H2,1H3. The monoisotopic (exact) mass is 248 g/mol. The molecule has 0 amide bonds. The van der Waals surface area contributed by atoms with Gasteiger partial charge >= 0.3 is 0 Å². The average molecular weight is 248 g/mol. The van der Waals surface area contributed by atoms with Crippen molar-refractivity contribution in [2.45, 2.75) is 31.8 Å². The number of hydrogen-bond acceptors (Lipinski definition) is 3. The van der Waals surface area contributed by atoms with Gasteiger partial charge in [0.1, 0.15) is 0 Å². The largest absolute Gasteiger partial charge is 0.399 e. The minimum absolute atomic E-state index is 0.436. The summed E-state index contributed by atoms with van der Waals surface area (Å²) in [6, 6.07) is 8.21. The molecule has 0 spiro atoms. The number of rotatable bonds is 5. The van der Waals surface area contributed by atoms with E-state index in [0.717, 1.165) is 25.2 Å². The van der Waals surface area contributed by atoms with Gasteiger partial charge in [-0.05, 0) is 56.5 Å². The zero-order valence-corrected chi connectivity index (χ0v) is 11.3. The second kappa shape index (κ2) is 6.76. The van der Waals surface area contributed by atoms with E-state index in [-0.39, 0.29) is 0 Å². The van der Waals surface area contributed by atoms with Crippen LogP contribution in [0, 0.1) is 0 Å². The Hall–Kier alpha value is -1.06. The van der Waals surface area contributed by atoms with Crippen LogP contribution in [0.4, 0.5) is 5.69 Å². The van der Waals surface area contributed by atoms with Gasteiger partial charge < -0.3 is 15.4 Å². The third-order valence-corrected chi connectivity index (χ3v) is 3.69. The highest BCUT2D eigenvalue weighted by Gasteiger charge is 2.18. The zero-order chi connectivity index (χ0) is 12.8. The first-order valence-electron chi connectivity index (χ1n) is 6.87. The van der Waals surface area contributed by atoms with Gasteiger partial charge in [0.25, 0.3) is 0 Å². The first-order valence-corrected chi connectivity index (χ1v) is 6.87. The van der Waals surface area contributed by atoms with Crippen LogP contribution in [-0.2, 0) is 11.2 Å². The van der Waals surface area contributed by atoms with Crippen LogP contribution in [0.3, 0.4) is 0 Å². The lowest BCUT2D eigenvalue weighted by atomic mass is 10.1. The van der Waals surface area contributed by atoms with Crippen molar-refractivity contribution < 1.29 is 4.74 Å². The van der Waals surface area contributed by atoms with E-state index in [1.165, 1.54) is 31.4 Å². The number of methoxy groups -OCH3 is 1. The predicted molar refractivity (Wildman–Crippen MR) is 75.6 cm³/mol. The highest BCUT2D eigenvalue weighted by atomic mass is 16.5. The van der Waals surface area contributed by atoms with E-state index in [1.54, 1.807) is 0 Å². The van der Waals surface area contributed by atoms with Crippen LogP contribution < -0.4 is 5.73 Å². The van der Waals surface area contributed by atoms with Gasteiger partial charge in [-0.25, -0.2) is 0 Å². The van der Waals surface area contributed by atoms with E-state index >= 15 is 0 Å². The van der Waals surface area contributed by atoms with Crippen LogP contribution in [0.5, 0.6) is 0 Å². The number of likely N-dealkylation sites (tertiary alicyclic amines) is 1. The number of nitrogen functional groups attached to an aromatic ring is 1. The average Bonchev–Trinajstić information content (AvgIpc) is 2.39. The summed E-state index contributed by atoms with van der Waals surface area (Å²) in [6.07, 6.45) is 5.21. The van der Waals surface area contributed by atoms with E-state index in [9.17, 15) is 0 Å². The van der Waals surface area contributed by atoms with Gasteiger partial charge in [0.05, 0.1) is 6.10 Å². The molecule has 2 rings (SSSR count). The molecule has 3 nitrogen and oxygen atoms in total. The van der Waals surface area contributed by atoms with Crippen LogP contribution in [0.25, 0.3) is 0 Å². The molecule has 3 heteroatoms. The maximum atomic E-state index is 5.78. The second-order valence-corrected chi connectivity index (χ2v) is 5.15. The van der Waals surface area contributed by atoms with Gasteiger partial charge in [0, 0.05) is 19.3 Å². The summed E-state index contributed by atoms with van der Waals surface area (Å²) in [5.41, 5.74) is 7.99. The molecule has 1 aliphatic rings. The Kier molecular flexibility index (Phi) is 5.02. The summed E-state index contributed by atoms with van der Waals surface area (Å²) >= 11 is 0. The van der Waals surface area contributed by atoms with Crippen LogP contribution in [0.15, 0.2) is 24.3 Å². The summed E-state index contributed by atoms with van der Waals surface area (Å²) in [4.78, 5) is 2.52. The second-order valence-electron chi connectivity index (χ2n) is 5.15. The molecule has 1 fully saturated rings. The third-order valence-electron chi connectivity index (χ3n) is 3.69. The van der Waals surface area contributed by atoms with Crippen molar-refractivity contribution in [3.8, 4) is 0 Å². The normalized spacial score (nSPS) is 21.1. The molecule has 1 heterocycles. The number of nitrogens with two attached hydrogens (primary N) is 1. The zero-order valence-electron chi connectivity index (χ0n) is 11.3. The van der Waals surface area contributed by atoms with E-state index in [4.69, 9.17) is 10.5 Å². The van der Waals surface area contributed by atoms with Gasteiger partial charge in [-0.1, -0.05) is 12.1 Å². The molecule has 0 bridgehead atoms. The van der Waals surface area contributed by atoms with Gasteiger partial charge in [0.15, 0.2) is 0 Å². The molecule has 18 heavy (non-hydrogen) atoms. The summed E-state index contributed by atoms with van der Waals surface area (Å²) in [7, 11) is 1.82. The lowest BCUT2D eigenvalue weighted by Crippen LogP contribution is -2.39. The number of anilines is 1. The van der Waals surface area contributed by atoms with Crippen LogP contribution >= 0.6 is 0 Å². The SMILES string of the molecule is COC1CCCN(CCCc2cccc(N)c2)C1. The summed E-state index contributed by atoms with van der Waals surface area (Å²) in [5.74, 6) is 0. The van der Waals surface area contributed by atoms with Gasteiger partial charge in [-0.2, -0.15) is 0 Å². The summed E-state index contributed by atoms with van der Waals surface area (Å²) in [5, 5.41) is 0. The van der Waals surface area contributed by atoms with Crippen molar-refractivity contribution in [3.63, 3.8) is 0 Å². The van der Waals surface area contributed by atoms with E-state index in [1.807, 2.05) is 19.2 Å². The Morgan fingerprint density at radius 1 is 1.44 bits per heavy atom. The molecule has 1 atom stereocenters. The highest BCUT2D eigenvalue weighted by molar-refractivity contribution is 5.40.